The molecule has 0 bridgehead atoms. The molecule has 1 amide bonds. The van der Waals surface area contributed by atoms with Crippen LogP contribution in [0.2, 0.25) is 0 Å². The van der Waals surface area contributed by atoms with Gasteiger partial charge in [-0.2, -0.15) is 13.2 Å². The van der Waals surface area contributed by atoms with Crippen molar-refractivity contribution in [2.45, 2.75) is 18.8 Å². The van der Waals surface area contributed by atoms with E-state index in [0.29, 0.717) is 0 Å². The molecule has 1 unspecified atom stereocenters. The number of carbonyl (C=O) groups excluding carboxylic acids is 1. The summed E-state index contributed by atoms with van der Waals surface area (Å²) in [5, 5.41) is 12.3. The van der Waals surface area contributed by atoms with E-state index >= 15 is 0 Å². The zero-order chi connectivity index (χ0) is 17.7. The average Bonchev–Trinajstić information content (AvgIpc) is 2.54. The molecule has 1 aromatic heterocycles. The lowest BCUT2D eigenvalue weighted by atomic mass is 10.1. The Labute approximate surface area is 135 Å². The van der Waals surface area contributed by atoms with E-state index in [1.54, 1.807) is 12.1 Å². The lowest BCUT2D eigenvalue weighted by Gasteiger charge is -2.13. The van der Waals surface area contributed by atoms with Gasteiger partial charge in [0.05, 0.1) is 18.2 Å². The van der Waals surface area contributed by atoms with Crippen molar-refractivity contribution < 1.29 is 23.1 Å². The van der Waals surface area contributed by atoms with Gasteiger partial charge in [0.15, 0.2) is 0 Å². The van der Waals surface area contributed by atoms with Gasteiger partial charge in [0.2, 0.25) is 0 Å². The van der Waals surface area contributed by atoms with Crippen LogP contribution < -0.4 is 10.9 Å². The average molecular weight is 340 g/mol. The van der Waals surface area contributed by atoms with Crippen LogP contribution in [0.3, 0.4) is 0 Å². The Morgan fingerprint density at radius 1 is 1.17 bits per heavy atom. The molecule has 0 radical (unpaired) electrons. The second kappa shape index (κ2) is 7.31. The number of alkyl halides is 3. The molecule has 5 nitrogen and oxygen atoms in total. The summed E-state index contributed by atoms with van der Waals surface area (Å²) in [6.45, 7) is -0.145. The first-order valence-electron chi connectivity index (χ1n) is 7.06. The number of nitrogens with zero attached hydrogens (tertiary/aromatic N) is 1. The van der Waals surface area contributed by atoms with Crippen molar-refractivity contribution in [3.63, 3.8) is 0 Å². The molecular weight excluding hydrogens is 325 g/mol. The smallest absolute Gasteiger partial charge is 0.389 e. The van der Waals surface area contributed by atoms with E-state index in [1.807, 2.05) is 0 Å². The minimum absolute atomic E-state index is 0.00698. The van der Waals surface area contributed by atoms with Crippen LogP contribution in [0.25, 0.3) is 0 Å². The van der Waals surface area contributed by atoms with Crippen LogP contribution in [0, 0.1) is 0 Å². The zero-order valence-electron chi connectivity index (χ0n) is 12.5. The van der Waals surface area contributed by atoms with Gasteiger partial charge in [0.1, 0.15) is 0 Å². The highest BCUT2D eigenvalue weighted by atomic mass is 19.4. The molecule has 0 spiro atoms. The van der Waals surface area contributed by atoms with Gasteiger partial charge in [-0.05, 0) is 30.3 Å². The molecule has 128 valence electrons. The van der Waals surface area contributed by atoms with Gasteiger partial charge in [-0.1, -0.05) is 6.07 Å². The van der Waals surface area contributed by atoms with Gasteiger partial charge in [0.25, 0.3) is 11.5 Å². The number of aromatic nitrogens is 1. The number of rotatable bonds is 5. The van der Waals surface area contributed by atoms with Crippen molar-refractivity contribution in [3.05, 3.63) is 70.1 Å². The number of nitrogens with one attached hydrogen (secondary N) is 1. The lowest BCUT2D eigenvalue weighted by molar-refractivity contribution is -0.137. The Morgan fingerprint density at radius 2 is 1.83 bits per heavy atom. The molecule has 0 saturated carbocycles. The minimum Gasteiger partial charge on any atom is -0.389 e. The first-order chi connectivity index (χ1) is 11.3. The van der Waals surface area contributed by atoms with Crippen LogP contribution >= 0.6 is 0 Å². The third-order valence-electron chi connectivity index (χ3n) is 3.28. The predicted molar refractivity (Wildman–Crippen MR) is 80.5 cm³/mol. The Hall–Kier alpha value is -2.61. The van der Waals surface area contributed by atoms with Crippen molar-refractivity contribution in [1.29, 1.82) is 0 Å². The van der Waals surface area contributed by atoms with Crippen molar-refractivity contribution in [2.24, 2.45) is 0 Å². The van der Waals surface area contributed by atoms with Gasteiger partial charge < -0.3 is 15.0 Å². The van der Waals surface area contributed by atoms with Crippen LogP contribution in [-0.4, -0.2) is 28.2 Å². The molecule has 2 aromatic rings. The number of amides is 1. The SMILES string of the molecule is O=C(NCC(O)Cn1ccccc1=O)c1ccc(C(F)(F)F)cc1. The number of pyridine rings is 1. The van der Waals surface area contributed by atoms with Crippen LogP contribution in [-0.2, 0) is 12.7 Å². The molecule has 2 rings (SSSR count). The van der Waals surface area contributed by atoms with Crippen LogP contribution in [0.1, 0.15) is 15.9 Å². The summed E-state index contributed by atoms with van der Waals surface area (Å²) in [6.07, 6.45) is -3.97. The number of benzene rings is 1. The van der Waals surface area contributed by atoms with Gasteiger partial charge in [-0.15, -0.1) is 0 Å². The largest absolute Gasteiger partial charge is 0.416 e. The molecule has 8 heteroatoms. The molecule has 1 atom stereocenters. The highest BCUT2D eigenvalue weighted by molar-refractivity contribution is 5.94. The number of hydrogen-bond donors (Lipinski definition) is 2. The van der Waals surface area contributed by atoms with E-state index in [2.05, 4.69) is 5.32 Å². The van der Waals surface area contributed by atoms with Crippen molar-refractivity contribution in [2.75, 3.05) is 6.54 Å². The van der Waals surface area contributed by atoms with E-state index in [0.717, 1.165) is 24.3 Å². The Morgan fingerprint density at radius 3 is 2.42 bits per heavy atom. The molecule has 1 heterocycles. The summed E-state index contributed by atoms with van der Waals surface area (Å²) >= 11 is 0. The van der Waals surface area contributed by atoms with E-state index in [1.165, 1.54) is 16.8 Å². The standard InChI is InChI=1S/C16H15F3N2O3/c17-16(18,19)12-6-4-11(5-7-12)15(24)20-9-13(22)10-21-8-2-1-3-14(21)23/h1-8,13,22H,9-10H2,(H,20,24). The van der Waals surface area contributed by atoms with Crippen molar-refractivity contribution in [3.8, 4) is 0 Å². The lowest BCUT2D eigenvalue weighted by Crippen LogP contribution is -2.36. The predicted octanol–water partition coefficient (Wildman–Crippen LogP) is 1.66. The summed E-state index contributed by atoms with van der Waals surface area (Å²) in [6, 6.07) is 8.29. The van der Waals surface area contributed by atoms with E-state index in [4.69, 9.17) is 0 Å². The Kier molecular flexibility index (Phi) is 5.40. The normalized spacial score (nSPS) is 12.7. The van der Waals surface area contributed by atoms with Gasteiger partial charge in [-0.3, -0.25) is 9.59 Å². The zero-order valence-corrected chi connectivity index (χ0v) is 12.5. The summed E-state index contributed by atoms with van der Waals surface area (Å²) in [4.78, 5) is 23.4. The van der Waals surface area contributed by atoms with Crippen molar-refractivity contribution >= 4 is 5.91 Å². The highest BCUT2D eigenvalue weighted by Crippen LogP contribution is 2.29. The highest BCUT2D eigenvalue weighted by Gasteiger charge is 2.30. The van der Waals surface area contributed by atoms with Crippen LogP contribution in [0.5, 0.6) is 0 Å². The Balaban J connectivity index is 1.91. The third kappa shape index (κ3) is 4.69. The number of carbonyl (C=O) groups is 1. The molecule has 24 heavy (non-hydrogen) atoms. The van der Waals surface area contributed by atoms with Crippen LogP contribution in [0.4, 0.5) is 13.2 Å². The molecule has 0 aliphatic heterocycles. The van der Waals surface area contributed by atoms with Crippen LogP contribution in [0.15, 0.2) is 53.5 Å². The fourth-order valence-corrected chi connectivity index (χ4v) is 2.03. The summed E-state index contributed by atoms with van der Waals surface area (Å²) in [5.74, 6) is -0.608. The molecule has 0 fully saturated rings. The number of aliphatic hydroxyl groups excluding tert-OH is 1. The maximum atomic E-state index is 12.5. The van der Waals surface area contributed by atoms with Gasteiger partial charge >= 0.3 is 6.18 Å². The van der Waals surface area contributed by atoms with E-state index in [9.17, 15) is 27.9 Å². The molecule has 0 aliphatic carbocycles. The maximum absolute atomic E-state index is 12.5. The third-order valence-corrected chi connectivity index (χ3v) is 3.28. The molecule has 0 aliphatic rings. The topological polar surface area (TPSA) is 71.3 Å². The minimum atomic E-state index is -4.46. The summed E-state index contributed by atoms with van der Waals surface area (Å²) in [5.41, 5.74) is -1.08. The second-order valence-corrected chi connectivity index (χ2v) is 5.13. The van der Waals surface area contributed by atoms with Crippen molar-refractivity contribution in [1.82, 2.24) is 9.88 Å². The number of halogens is 3. The van der Waals surface area contributed by atoms with E-state index in [-0.39, 0.29) is 24.2 Å². The first-order valence-corrected chi connectivity index (χ1v) is 7.06. The Bertz CT molecular complexity index is 754. The number of aliphatic hydroxyl groups is 1. The second-order valence-electron chi connectivity index (χ2n) is 5.13. The first kappa shape index (κ1) is 17.7. The molecular formula is C16H15F3N2O3. The molecule has 0 saturated heterocycles. The molecule has 1 aromatic carbocycles. The fraction of sp³-hybridized carbons (Fsp3) is 0.250. The molecule has 2 N–H and O–H groups in total. The van der Waals surface area contributed by atoms with E-state index < -0.39 is 23.8 Å². The van der Waals surface area contributed by atoms with Gasteiger partial charge in [-0.25, -0.2) is 0 Å². The van der Waals surface area contributed by atoms with Gasteiger partial charge in [0, 0.05) is 24.4 Å². The summed E-state index contributed by atoms with van der Waals surface area (Å²) < 4.78 is 38.6. The monoisotopic (exact) mass is 340 g/mol. The summed E-state index contributed by atoms with van der Waals surface area (Å²) in [7, 11) is 0. The fourth-order valence-electron chi connectivity index (χ4n) is 2.03. The quantitative estimate of drug-likeness (QED) is 0.870. The number of hydrogen-bond acceptors (Lipinski definition) is 3. The maximum Gasteiger partial charge on any atom is 0.416 e.